The summed E-state index contributed by atoms with van der Waals surface area (Å²) in [6.07, 6.45) is 3.55. The monoisotopic (exact) mass is 263 g/mol. The summed E-state index contributed by atoms with van der Waals surface area (Å²) in [7, 11) is 2.05. The Labute approximate surface area is 111 Å². The van der Waals surface area contributed by atoms with E-state index in [9.17, 15) is 4.79 Å². The number of carbonyl (C=O) groups is 1. The van der Waals surface area contributed by atoms with Gasteiger partial charge in [0, 0.05) is 12.1 Å². The first-order valence-corrected chi connectivity index (χ1v) is 6.30. The Morgan fingerprint density at radius 2 is 2.12 bits per heavy atom. The largest absolute Gasteiger partial charge is 0.353 e. The van der Waals surface area contributed by atoms with Crippen LogP contribution in [0, 0.1) is 0 Å². The fourth-order valence-corrected chi connectivity index (χ4v) is 2.16. The smallest absolute Gasteiger partial charge is 0.234 e. The second kappa shape index (κ2) is 8.72. The van der Waals surface area contributed by atoms with E-state index in [0.717, 1.165) is 19.5 Å². The van der Waals surface area contributed by atoms with E-state index < -0.39 is 0 Å². The third-order valence-electron chi connectivity index (χ3n) is 3.01. The van der Waals surface area contributed by atoms with Crippen LogP contribution in [0.15, 0.2) is 0 Å². The number of likely N-dealkylation sites (N-methyl/N-ethyl adjacent to an activating group) is 1. The Kier molecular flexibility index (Phi) is 8.56. The summed E-state index contributed by atoms with van der Waals surface area (Å²) in [6, 6.07) is 0.782. The summed E-state index contributed by atoms with van der Waals surface area (Å²) in [5.74, 6) is 0.134. The third-order valence-corrected chi connectivity index (χ3v) is 3.01. The van der Waals surface area contributed by atoms with E-state index in [4.69, 9.17) is 0 Å². The van der Waals surface area contributed by atoms with E-state index in [2.05, 4.69) is 22.6 Å². The highest BCUT2D eigenvalue weighted by Gasteiger charge is 2.18. The lowest BCUT2D eigenvalue weighted by molar-refractivity contribution is -0.123. The average molecular weight is 264 g/mol. The molecule has 0 spiro atoms. The number of hydrogen-bond acceptors (Lipinski definition) is 3. The van der Waals surface area contributed by atoms with Crippen molar-refractivity contribution in [2.24, 2.45) is 0 Å². The number of carbonyl (C=O) groups excluding carboxylic acids is 1. The SMILES string of the molecule is CC(C)NC(=O)CN(C)C1CCCNCC1.Cl. The highest BCUT2D eigenvalue weighted by molar-refractivity contribution is 5.85. The molecule has 0 saturated carbocycles. The average Bonchev–Trinajstić information content (AvgIpc) is 2.43. The van der Waals surface area contributed by atoms with Crippen molar-refractivity contribution in [3.8, 4) is 0 Å². The molecule has 1 rings (SSSR count). The van der Waals surface area contributed by atoms with Gasteiger partial charge in [-0.2, -0.15) is 0 Å². The second-order valence-corrected chi connectivity index (χ2v) is 4.97. The molecule has 1 heterocycles. The minimum Gasteiger partial charge on any atom is -0.353 e. The molecule has 0 radical (unpaired) electrons. The molecule has 0 aromatic carbocycles. The zero-order valence-electron chi connectivity index (χ0n) is 11.2. The molecule has 0 aliphatic carbocycles. The van der Waals surface area contributed by atoms with Crippen molar-refractivity contribution in [3.05, 3.63) is 0 Å². The molecule has 4 nitrogen and oxygen atoms in total. The first-order chi connectivity index (χ1) is 7.59. The second-order valence-electron chi connectivity index (χ2n) is 4.97. The Morgan fingerprint density at radius 1 is 1.41 bits per heavy atom. The summed E-state index contributed by atoms with van der Waals surface area (Å²) < 4.78 is 0. The van der Waals surface area contributed by atoms with Gasteiger partial charge in [-0.15, -0.1) is 12.4 Å². The van der Waals surface area contributed by atoms with Crippen LogP contribution in [0.1, 0.15) is 33.1 Å². The molecule has 1 fully saturated rings. The molecule has 0 bridgehead atoms. The summed E-state index contributed by atoms with van der Waals surface area (Å²) in [5, 5.41) is 6.32. The summed E-state index contributed by atoms with van der Waals surface area (Å²) in [5.41, 5.74) is 0. The number of nitrogens with zero attached hydrogens (tertiary/aromatic N) is 1. The zero-order valence-corrected chi connectivity index (χ0v) is 12.0. The van der Waals surface area contributed by atoms with Crippen LogP contribution in [0.5, 0.6) is 0 Å². The number of nitrogens with one attached hydrogen (secondary N) is 2. The molecule has 0 aromatic heterocycles. The molecule has 5 heteroatoms. The Hall–Kier alpha value is -0.320. The van der Waals surface area contributed by atoms with Crippen molar-refractivity contribution in [1.29, 1.82) is 0 Å². The predicted octanol–water partition coefficient (Wildman–Crippen LogP) is 1.01. The first-order valence-electron chi connectivity index (χ1n) is 6.30. The molecule has 1 atom stereocenters. The molecule has 17 heavy (non-hydrogen) atoms. The molecule has 1 aliphatic heterocycles. The summed E-state index contributed by atoms with van der Waals surface area (Å²) in [6.45, 7) is 6.69. The summed E-state index contributed by atoms with van der Waals surface area (Å²) in [4.78, 5) is 13.8. The molecule has 0 aromatic rings. The molecule has 1 saturated heterocycles. The van der Waals surface area contributed by atoms with Crippen LogP contribution < -0.4 is 10.6 Å². The zero-order chi connectivity index (χ0) is 12.0. The van der Waals surface area contributed by atoms with Gasteiger partial charge < -0.3 is 10.6 Å². The topological polar surface area (TPSA) is 44.4 Å². The van der Waals surface area contributed by atoms with Gasteiger partial charge in [-0.1, -0.05) is 0 Å². The van der Waals surface area contributed by atoms with E-state index in [-0.39, 0.29) is 24.4 Å². The minimum atomic E-state index is 0. The van der Waals surface area contributed by atoms with Gasteiger partial charge in [-0.05, 0) is 53.2 Å². The van der Waals surface area contributed by atoms with Gasteiger partial charge >= 0.3 is 0 Å². The third kappa shape index (κ3) is 6.86. The maximum atomic E-state index is 11.6. The van der Waals surface area contributed by atoms with Crippen LogP contribution in [-0.4, -0.2) is 49.6 Å². The fourth-order valence-electron chi connectivity index (χ4n) is 2.16. The van der Waals surface area contributed by atoms with Gasteiger partial charge in [0.2, 0.25) is 5.91 Å². The Balaban J connectivity index is 0.00000256. The van der Waals surface area contributed by atoms with Crippen LogP contribution in [0.3, 0.4) is 0 Å². The molecule has 1 unspecified atom stereocenters. The van der Waals surface area contributed by atoms with E-state index in [0.29, 0.717) is 12.6 Å². The van der Waals surface area contributed by atoms with Gasteiger partial charge in [0.15, 0.2) is 0 Å². The van der Waals surface area contributed by atoms with Gasteiger partial charge in [0.25, 0.3) is 0 Å². The lowest BCUT2D eigenvalue weighted by atomic mass is 10.1. The maximum Gasteiger partial charge on any atom is 0.234 e. The number of rotatable bonds is 4. The lowest BCUT2D eigenvalue weighted by Gasteiger charge is -2.26. The molecule has 2 N–H and O–H groups in total. The molecule has 102 valence electrons. The first kappa shape index (κ1) is 16.7. The fraction of sp³-hybridized carbons (Fsp3) is 0.917. The number of halogens is 1. The van der Waals surface area contributed by atoms with Crippen LogP contribution in [0.2, 0.25) is 0 Å². The standard InChI is InChI=1S/C12H25N3O.ClH/c1-10(2)14-12(16)9-15(3)11-5-4-7-13-8-6-11;/h10-11,13H,4-9H2,1-3H3,(H,14,16);1H. The Morgan fingerprint density at radius 3 is 2.76 bits per heavy atom. The van der Waals surface area contributed by atoms with Gasteiger partial charge in [0.05, 0.1) is 6.54 Å². The van der Waals surface area contributed by atoms with E-state index in [1.807, 2.05) is 13.8 Å². The summed E-state index contributed by atoms with van der Waals surface area (Å²) >= 11 is 0. The van der Waals surface area contributed by atoms with Crippen LogP contribution >= 0.6 is 12.4 Å². The lowest BCUT2D eigenvalue weighted by Crippen LogP contribution is -2.42. The van der Waals surface area contributed by atoms with Crippen molar-refractivity contribution >= 4 is 18.3 Å². The van der Waals surface area contributed by atoms with Crippen molar-refractivity contribution in [1.82, 2.24) is 15.5 Å². The Bertz CT molecular complexity index is 216. The predicted molar refractivity (Wildman–Crippen MR) is 73.7 cm³/mol. The molecular weight excluding hydrogens is 238 g/mol. The van der Waals surface area contributed by atoms with Crippen LogP contribution in [0.25, 0.3) is 0 Å². The molecule has 1 amide bonds. The van der Waals surface area contributed by atoms with Crippen molar-refractivity contribution < 1.29 is 4.79 Å². The minimum absolute atomic E-state index is 0. The van der Waals surface area contributed by atoms with Crippen LogP contribution in [-0.2, 0) is 4.79 Å². The van der Waals surface area contributed by atoms with Gasteiger partial charge in [0.1, 0.15) is 0 Å². The quantitative estimate of drug-likeness (QED) is 0.796. The molecular formula is C12H26ClN3O. The highest BCUT2D eigenvalue weighted by atomic mass is 35.5. The molecule has 1 aliphatic rings. The van der Waals surface area contributed by atoms with E-state index in [1.54, 1.807) is 0 Å². The van der Waals surface area contributed by atoms with E-state index in [1.165, 1.54) is 12.8 Å². The van der Waals surface area contributed by atoms with Crippen LogP contribution in [0.4, 0.5) is 0 Å². The number of hydrogen-bond donors (Lipinski definition) is 2. The van der Waals surface area contributed by atoms with Crippen molar-refractivity contribution in [2.75, 3.05) is 26.7 Å². The van der Waals surface area contributed by atoms with Gasteiger partial charge in [-0.25, -0.2) is 0 Å². The highest BCUT2D eigenvalue weighted by Crippen LogP contribution is 2.11. The maximum absolute atomic E-state index is 11.6. The van der Waals surface area contributed by atoms with Crippen molar-refractivity contribution in [3.63, 3.8) is 0 Å². The van der Waals surface area contributed by atoms with Gasteiger partial charge in [-0.3, -0.25) is 9.69 Å². The number of amides is 1. The normalized spacial score (nSPS) is 20.9. The van der Waals surface area contributed by atoms with E-state index >= 15 is 0 Å². The van der Waals surface area contributed by atoms with Crippen molar-refractivity contribution in [2.45, 2.75) is 45.2 Å².